The van der Waals surface area contributed by atoms with Crippen molar-refractivity contribution < 1.29 is 4.79 Å². The van der Waals surface area contributed by atoms with Gasteiger partial charge in [-0.2, -0.15) is 0 Å². The number of likely N-dealkylation sites (tertiary alicyclic amines) is 1. The van der Waals surface area contributed by atoms with E-state index < -0.39 is 0 Å². The fraction of sp³-hybridized carbons (Fsp3) is 0.423. The number of thioether (sulfide) groups is 1. The van der Waals surface area contributed by atoms with Crippen LogP contribution in [-0.4, -0.2) is 57.5 Å². The van der Waals surface area contributed by atoms with Crippen LogP contribution in [0.2, 0.25) is 10.0 Å². The first-order valence-corrected chi connectivity index (χ1v) is 13.8. The summed E-state index contributed by atoms with van der Waals surface area (Å²) in [6.07, 6.45) is 5.12. The van der Waals surface area contributed by atoms with Crippen molar-refractivity contribution in [2.75, 3.05) is 31.9 Å². The molecule has 0 unspecified atom stereocenters. The van der Waals surface area contributed by atoms with E-state index in [0.29, 0.717) is 16.5 Å². The van der Waals surface area contributed by atoms with Crippen molar-refractivity contribution in [3.05, 3.63) is 58.1 Å². The van der Waals surface area contributed by atoms with Gasteiger partial charge in [-0.3, -0.25) is 9.36 Å². The average molecular weight is 533 g/mol. The van der Waals surface area contributed by atoms with E-state index in [0.717, 1.165) is 60.6 Å². The molecule has 1 aromatic heterocycles. The number of hydrogen-bond acceptors (Lipinski definition) is 5. The summed E-state index contributed by atoms with van der Waals surface area (Å²) in [4.78, 5) is 14.7. The molecule has 1 saturated heterocycles. The predicted octanol–water partition coefficient (Wildman–Crippen LogP) is 6.02. The van der Waals surface area contributed by atoms with Crippen LogP contribution < -0.4 is 5.32 Å². The van der Waals surface area contributed by atoms with Crippen LogP contribution in [0.3, 0.4) is 0 Å². The molecule has 1 amide bonds. The first kappa shape index (κ1) is 26.0. The highest BCUT2D eigenvalue weighted by Gasteiger charge is 2.17. The Hall–Kier alpha value is -2.06. The number of nitrogens with zero attached hydrogens (tertiary/aromatic N) is 4. The van der Waals surface area contributed by atoms with Gasteiger partial charge in [-0.05, 0) is 57.5 Å². The maximum absolute atomic E-state index is 12.3. The molecule has 1 aliphatic rings. The molecule has 1 N–H and O–H groups in total. The molecule has 0 aliphatic carbocycles. The van der Waals surface area contributed by atoms with Crippen LogP contribution in [-0.2, 0) is 4.79 Å². The van der Waals surface area contributed by atoms with Crippen LogP contribution in [0.25, 0.3) is 17.1 Å². The van der Waals surface area contributed by atoms with E-state index >= 15 is 0 Å². The number of aromatic nitrogens is 3. The first-order valence-electron chi connectivity index (χ1n) is 12.1. The lowest BCUT2D eigenvalue weighted by atomic mass is 10.1. The van der Waals surface area contributed by atoms with Gasteiger partial charge in [-0.1, -0.05) is 71.2 Å². The molecule has 1 fully saturated rings. The first-order chi connectivity index (χ1) is 17.0. The Morgan fingerprint density at radius 1 is 1.03 bits per heavy atom. The number of nitrogens with one attached hydrogen (secondary N) is 1. The summed E-state index contributed by atoms with van der Waals surface area (Å²) in [6.45, 7) is 6.01. The summed E-state index contributed by atoms with van der Waals surface area (Å²) in [5.74, 6) is 1.60. The molecule has 0 saturated carbocycles. The Morgan fingerprint density at radius 2 is 1.80 bits per heavy atom. The third kappa shape index (κ3) is 7.23. The molecule has 2 heterocycles. The maximum atomic E-state index is 12.3. The molecule has 186 valence electrons. The van der Waals surface area contributed by atoms with Crippen molar-refractivity contribution in [3.8, 4) is 17.1 Å². The summed E-state index contributed by atoms with van der Waals surface area (Å²) in [5, 5.41) is 13.7. The van der Waals surface area contributed by atoms with Gasteiger partial charge in [-0.15, -0.1) is 10.2 Å². The number of hydrogen-bond donors (Lipinski definition) is 1. The Labute approximate surface area is 221 Å². The zero-order valence-corrected chi connectivity index (χ0v) is 22.3. The zero-order chi connectivity index (χ0) is 24.6. The highest BCUT2D eigenvalue weighted by Crippen LogP contribution is 2.31. The molecule has 6 nitrogen and oxygen atoms in total. The van der Waals surface area contributed by atoms with Crippen molar-refractivity contribution in [1.29, 1.82) is 0 Å². The van der Waals surface area contributed by atoms with E-state index in [4.69, 9.17) is 23.2 Å². The number of carbonyl (C=O) groups excluding carboxylic acids is 1. The second-order valence-corrected chi connectivity index (χ2v) is 10.7. The summed E-state index contributed by atoms with van der Waals surface area (Å²) < 4.78 is 2.00. The minimum Gasteiger partial charge on any atom is -0.355 e. The van der Waals surface area contributed by atoms with Gasteiger partial charge in [0, 0.05) is 30.8 Å². The van der Waals surface area contributed by atoms with Crippen molar-refractivity contribution in [1.82, 2.24) is 25.0 Å². The van der Waals surface area contributed by atoms with Crippen LogP contribution in [0.15, 0.2) is 47.6 Å². The fourth-order valence-electron chi connectivity index (χ4n) is 4.13. The molecule has 0 bridgehead atoms. The normalized spacial score (nSPS) is 14.3. The number of aryl methyl sites for hydroxylation is 1. The van der Waals surface area contributed by atoms with Gasteiger partial charge >= 0.3 is 0 Å². The van der Waals surface area contributed by atoms with E-state index in [1.54, 1.807) is 17.8 Å². The summed E-state index contributed by atoms with van der Waals surface area (Å²) in [7, 11) is 0. The third-order valence-corrected chi connectivity index (χ3v) is 7.84. The second kappa shape index (κ2) is 12.8. The largest absolute Gasteiger partial charge is 0.355 e. The third-order valence-electron chi connectivity index (χ3n) is 6.08. The molecular formula is C26H31Cl2N5OS. The molecular weight excluding hydrogens is 501 g/mol. The fourth-order valence-corrected chi connectivity index (χ4v) is 5.31. The maximum Gasteiger partial charge on any atom is 0.220 e. The second-order valence-electron chi connectivity index (χ2n) is 8.81. The van der Waals surface area contributed by atoms with E-state index in [1.807, 2.05) is 28.8 Å². The van der Waals surface area contributed by atoms with Gasteiger partial charge < -0.3 is 10.2 Å². The van der Waals surface area contributed by atoms with Crippen molar-refractivity contribution in [2.24, 2.45) is 0 Å². The van der Waals surface area contributed by atoms with Crippen molar-refractivity contribution in [3.63, 3.8) is 0 Å². The SMILES string of the molecule is Cc1ccc(-c2nnc(SCCCC(=O)NCCN3CCCCC3)n2-c2ccc(Cl)c(Cl)c2)cc1. The van der Waals surface area contributed by atoms with Crippen LogP contribution in [0.1, 0.15) is 37.7 Å². The standard InChI is InChI=1S/C26H31Cl2N5OS/c1-19-7-9-20(10-8-19)25-30-31-26(33(25)21-11-12-22(27)23(28)18-21)35-17-5-6-24(34)29-13-16-32-14-3-2-4-15-32/h7-12,18H,2-6,13-17H2,1H3,(H,29,34). The van der Waals surface area contributed by atoms with Gasteiger partial charge in [0.05, 0.1) is 15.7 Å². The minimum absolute atomic E-state index is 0.105. The molecule has 4 rings (SSSR count). The average Bonchev–Trinajstić information content (AvgIpc) is 3.28. The summed E-state index contributed by atoms with van der Waals surface area (Å²) >= 11 is 14.0. The van der Waals surface area contributed by atoms with E-state index in [2.05, 4.69) is 39.5 Å². The monoisotopic (exact) mass is 531 g/mol. The summed E-state index contributed by atoms with van der Waals surface area (Å²) in [5.41, 5.74) is 2.99. The van der Waals surface area contributed by atoms with Crippen LogP contribution in [0, 0.1) is 6.92 Å². The highest BCUT2D eigenvalue weighted by molar-refractivity contribution is 7.99. The number of rotatable bonds is 10. The van der Waals surface area contributed by atoms with Crippen molar-refractivity contribution >= 4 is 40.9 Å². The lowest BCUT2D eigenvalue weighted by Gasteiger charge is -2.26. The lowest BCUT2D eigenvalue weighted by Crippen LogP contribution is -2.37. The van der Waals surface area contributed by atoms with E-state index in [9.17, 15) is 4.79 Å². The Kier molecular flexibility index (Phi) is 9.49. The van der Waals surface area contributed by atoms with Crippen LogP contribution in [0.5, 0.6) is 0 Å². The molecule has 9 heteroatoms. The number of piperidine rings is 1. The van der Waals surface area contributed by atoms with Gasteiger partial charge in [0.15, 0.2) is 11.0 Å². The lowest BCUT2D eigenvalue weighted by molar-refractivity contribution is -0.121. The molecule has 2 aromatic carbocycles. The van der Waals surface area contributed by atoms with E-state index in [1.165, 1.54) is 24.8 Å². The molecule has 0 radical (unpaired) electrons. The summed E-state index contributed by atoms with van der Waals surface area (Å²) in [6, 6.07) is 13.7. The Bertz CT molecular complexity index is 1130. The van der Waals surface area contributed by atoms with Gasteiger partial charge in [0.2, 0.25) is 5.91 Å². The quantitative estimate of drug-likeness (QED) is 0.256. The smallest absolute Gasteiger partial charge is 0.220 e. The number of halogens is 2. The predicted molar refractivity (Wildman–Crippen MR) is 145 cm³/mol. The highest BCUT2D eigenvalue weighted by atomic mass is 35.5. The van der Waals surface area contributed by atoms with Gasteiger partial charge in [-0.25, -0.2) is 0 Å². The van der Waals surface area contributed by atoms with Crippen molar-refractivity contribution in [2.45, 2.75) is 44.2 Å². The van der Waals surface area contributed by atoms with Gasteiger partial charge in [0.25, 0.3) is 0 Å². The van der Waals surface area contributed by atoms with Crippen LogP contribution in [0.4, 0.5) is 0 Å². The number of amides is 1. The molecule has 1 aliphatic heterocycles. The Balaban J connectivity index is 1.36. The molecule has 0 atom stereocenters. The van der Waals surface area contributed by atoms with Crippen LogP contribution >= 0.6 is 35.0 Å². The number of carbonyl (C=O) groups is 1. The Morgan fingerprint density at radius 3 is 2.54 bits per heavy atom. The number of benzene rings is 2. The van der Waals surface area contributed by atoms with Gasteiger partial charge in [0.1, 0.15) is 0 Å². The van der Waals surface area contributed by atoms with E-state index in [-0.39, 0.29) is 5.91 Å². The topological polar surface area (TPSA) is 63.1 Å². The molecule has 35 heavy (non-hydrogen) atoms. The zero-order valence-electron chi connectivity index (χ0n) is 20.0. The minimum atomic E-state index is 0.105. The molecule has 3 aromatic rings. The molecule has 0 spiro atoms.